The Hall–Kier alpha value is -2.88. The highest BCUT2D eigenvalue weighted by molar-refractivity contribution is 5.68. The fourth-order valence-electron chi connectivity index (χ4n) is 2.83. The molecule has 0 atom stereocenters. The zero-order chi connectivity index (χ0) is 19.9. The third-order valence-electron chi connectivity index (χ3n) is 4.66. The van der Waals surface area contributed by atoms with Gasteiger partial charge in [-0.3, -0.25) is 9.59 Å². The maximum atomic E-state index is 11.3. The van der Waals surface area contributed by atoms with Crippen molar-refractivity contribution in [2.75, 3.05) is 0 Å². The molecule has 0 aliphatic carbocycles. The molecular weight excluding hydrogens is 340 g/mol. The highest BCUT2D eigenvalue weighted by Crippen LogP contribution is 2.32. The summed E-state index contributed by atoms with van der Waals surface area (Å²) >= 11 is 0. The summed E-state index contributed by atoms with van der Waals surface area (Å²) in [7, 11) is 0. The Labute approximate surface area is 160 Å². The van der Waals surface area contributed by atoms with Crippen molar-refractivity contribution in [3.05, 3.63) is 83.1 Å². The first-order valence-corrected chi connectivity index (χ1v) is 8.99. The fraction of sp³-hybridized carbons (Fsp3) is 0.304. The van der Waals surface area contributed by atoms with E-state index in [-0.39, 0.29) is 11.4 Å². The molecule has 0 aliphatic rings. The summed E-state index contributed by atoms with van der Waals surface area (Å²) in [5.41, 5.74) is 4.19. The number of ether oxygens (including phenoxy) is 2. The number of hydrogen-bond acceptors (Lipinski definition) is 4. The molecule has 0 radical (unpaired) electrons. The molecule has 2 aromatic rings. The summed E-state index contributed by atoms with van der Waals surface area (Å²) in [5.74, 6) is 0.233. The van der Waals surface area contributed by atoms with Crippen LogP contribution in [0.1, 0.15) is 49.4 Å². The van der Waals surface area contributed by atoms with E-state index in [1.165, 1.54) is 11.1 Å². The monoisotopic (exact) mass is 366 g/mol. The Balaban J connectivity index is 2.09. The van der Waals surface area contributed by atoms with Crippen LogP contribution in [0.4, 0.5) is 0 Å². The molecular formula is C23H26O4. The predicted octanol–water partition coefficient (Wildman–Crippen LogP) is 4.69. The molecule has 2 aromatic carbocycles. The van der Waals surface area contributed by atoms with Crippen LogP contribution in [0.15, 0.2) is 60.9 Å². The number of rotatable bonds is 9. The van der Waals surface area contributed by atoms with Gasteiger partial charge in [0.2, 0.25) is 0 Å². The van der Waals surface area contributed by atoms with E-state index in [0.29, 0.717) is 31.7 Å². The summed E-state index contributed by atoms with van der Waals surface area (Å²) in [5, 5.41) is 0. The molecule has 0 saturated heterocycles. The van der Waals surface area contributed by atoms with E-state index < -0.39 is 0 Å². The predicted molar refractivity (Wildman–Crippen MR) is 105 cm³/mol. The van der Waals surface area contributed by atoms with Gasteiger partial charge in [-0.1, -0.05) is 75.9 Å². The number of hydrogen-bond donors (Lipinski definition) is 0. The minimum Gasteiger partial charge on any atom is -0.461 e. The lowest BCUT2D eigenvalue weighted by Gasteiger charge is -2.26. The summed E-state index contributed by atoms with van der Waals surface area (Å²) < 4.78 is 9.93. The lowest BCUT2D eigenvalue weighted by Crippen LogP contribution is -2.19. The van der Waals surface area contributed by atoms with Crippen molar-refractivity contribution >= 4 is 12.4 Å². The SMILES string of the molecule is C=C(Cc1ccc(C(C)(C)c2ccc(COC(=O)CC)cc2)cc1)OC=O. The van der Waals surface area contributed by atoms with Crippen LogP contribution in [-0.2, 0) is 37.5 Å². The van der Waals surface area contributed by atoms with Crippen molar-refractivity contribution in [2.45, 2.75) is 45.6 Å². The van der Waals surface area contributed by atoms with Gasteiger partial charge in [-0.05, 0) is 22.3 Å². The first-order chi connectivity index (χ1) is 12.9. The molecule has 0 bridgehead atoms. The molecule has 0 heterocycles. The maximum Gasteiger partial charge on any atom is 0.305 e. The Bertz CT molecular complexity index is 786. The van der Waals surface area contributed by atoms with Gasteiger partial charge in [-0.15, -0.1) is 0 Å². The summed E-state index contributed by atoms with van der Waals surface area (Å²) in [4.78, 5) is 21.6. The second-order valence-electron chi connectivity index (χ2n) is 6.96. The van der Waals surface area contributed by atoms with Crippen LogP contribution < -0.4 is 0 Å². The van der Waals surface area contributed by atoms with Crippen LogP contribution in [0.5, 0.6) is 0 Å². The van der Waals surface area contributed by atoms with E-state index in [1.807, 2.05) is 24.3 Å². The van der Waals surface area contributed by atoms with Gasteiger partial charge in [-0.25, -0.2) is 0 Å². The average molecular weight is 366 g/mol. The van der Waals surface area contributed by atoms with Crippen molar-refractivity contribution in [1.29, 1.82) is 0 Å². The molecule has 4 heteroatoms. The van der Waals surface area contributed by atoms with E-state index in [2.05, 4.69) is 44.7 Å². The molecule has 0 spiro atoms. The van der Waals surface area contributed by atoms with Gasteiger partial charge in [0, 0.05) is 18.3 Å². The highest BCUT2D eigenvalue weighted by Gasteiger charge is 2.23. The van der Waals surface area contributed by atoms with Gasteiger partial charge in [-0.2, -0.15) is 0 Å². The molecule has 0 N–H and O–H groups in total. The van der Waals surface area contributed by atoms with Crippen molar-refractivity contribution in [2.24, 2.45) is 0 Å². The number of carbonyl (C=O) groups excluding carboxylic acids is 2. The van der Waals surface area contributed by atoms with Crippen LogP contribution in [0.2, 0.25) is 0 Å². The van der Waals surface area contributed by atoms with Crippen LogP contribution in [0.25, 0.3) is 0 Å². The lowest BCUT2D eigenvalue weighted by atomic mass is 9.77. The molecule has 142 valence electrons. The number of benzene rings is 2. The Morgan fingerprint density at radius 1 is 1.00 bits per heavy atom. The summed E-state index contributed by atoms with van der Waals surface area (Å²) in [6.07, 6.45) is 0.889. The number of carbonyl (C=O) groups is 2. The zero-order valence-electron chi connectivity index (χ0n) is 16.2. The van der Waals surface area contributed by atoms with Gasteiger partial charge in [0.05, 0.1) is 0 Å². The quantitative estimate of drug-likeness (QED) is 0.367. The van der Waals surface area contributed by atoms with Crippen molar-refractivity contribution < 1.29 is 19.1 Å². The van der Waals surface area contributed by atoms with Crippen molar-refractivity contribution in [3.63, 3.8) is 0 Å². The van der Waals surface area contributed by atoms with E-state index in [1.54, 1.807) is 6.92 Å². The zero-order valence-corrected chi connectivity index (χ0v) is 16.2. The molecule has 0 aromatic heterocycles. The third-order valence-corrected chi connectivity index (χ3v) is 4.66. The smallest absolute Gasteiger partial charge is 0.305 e. The lowest BCUT2D eigenvalue weighted by molar-refractivity contribution is -0.144. The van der Waals surface area contributed by atoms with Gasteiger partial charge in [0.15, 0.2) is 0 Å². The summed E-state index contributed by atoms with van der Waals surface area (Å²) in [6.45, 7) is 10.5. The van der Waals surface area contributed by atoms with Crippen LogP contribution >= 0.6 is 0 Å². The van der Waals surface area contributed by atoms with Gasteiger partial charge in [0.25, 0.3) is 6.47 Å². The standard InChI is InChI=1S/C23H26O4/c1-5-22(25)26-15-19-8-12-21(13-9-19)23(3,4)20-10-6-18(7-11-20)14-17(2)27-16-24/h6-13,16H,2,5,14-15H2,1,3-4H3. The van der Waals surface area contributed by atoms with Crippen molar-refractivity contribution in [3.8, 4) is 0 Å². The van der Waals surface area contributed by atoms with Gasteiger partial charge >= 0.3 is 5.97 Å². The van der Waals surface area contributed by atoms with Crippen LogP contribution in [-0.4, -0.2) is 12.4 Å². The molecule has 0 saturated carbocycles. The largest absolute Gasteiger partial charge is 0.461 e. The van der Waals surface area contributed by atoms with Crippen LogP contribution in [0, 0.1) is 0 Å². The highest BCUT2D eigenvalue weighted by atomic mass is 16.5. The van der Waals surface area contributed by atoms with Gasteiger partial charge < -0.3 is 9.47 Å². The van der Waals surface area contributed by atoms with E-state index >= 15 is 0 Å². The second kappa shape index (κ2) is 9.17. The number of esters is 1. The summed E-state index contributed by atoms with van der Waals surface area (Å²) in [6, 6.07) is 16.3. The molecule has 2 rings (SSSR count). The molecule has 27 heavy (non-hydrogen) atoms. The van der Waals surface area contributed by atoms with Crippen molar-refractivity contribution in [1.82, 2.24) is 0 Å². The Morgan fingerprint density at radius 2 is 1.52 bits per heavy atom. The fourth-order valence-corrected chi connectivity index (χ4v) is 2.83. The maximum absolute atomic E-state index is 11.3. The normalized spacial score (nSPS) is 10.9. The third kappa shape index (κ3) is 5.55. The molecule has 0 unspecified atom stereocenters. The Kier molecular flexibility index (Phi) is 6.94. The molecule has 4 nitrogen and oxygen atoms in total. The first-order valence-electron chi connectivity index (χ1n) is 8.99. The minimum absolute atomic E-state index is 0.173. The Morgan fingerprint density at radius 3 is 2.00 bits per heavy atom. The first kappa shape index (κ1) is 20.4. The van der Waals surface area contributed by atoms with E-state index in [4.69, 9.17) is 9.47 Å². The molecule has 0 fully saturated rings. The van der Waals surface area contributed by atoms with Gasteiger partial charge in [0.1, 0.15) is 12.4 Å². The topological polar surface area (TPSA) is 52.6 Å². The van der Waals surface area contributed by atoms with E-state index in [9.17, 15) is 9.59 Å². The molecule has 0 aliphatic heterocycles. The minimum atomic E-state index is -0.194. The second-order valence-corrected chi connectivity index (χ2v) is 6.96. The number of allylic oxidation sites excluding steroid dienone is 1. The van der Waals surface area contributed by atoms with E-state index in [0.717, 1.165) is 11.1 Å². The molecule has 0 amide bonds. The van der Waals surface area contributed by atoms with Crippen LogP contribution in [0.3, 0.4) is 0 Å². The average Bonchev–Trinajstić information content (AvgIpc) is 2.67.